The van der Waals surface area contributed by atoms with Gasteiger partial charge in [-0.15, -0.1) is 0 Å². The Morgan fingerprint density at radius 1 is 1.43 bits per heavy atom. The fourth-order valence-corrected chi connectivity index (χ4v) is 1.73. The van der Waals surface area contributed by atoms with Gasteiger partial charge in [0.15, 0.2) is 16.6 Å². The number of nitrogens with zero attached hydrogens (tertiary/aromatic N) is 1. The van der Waals surface area contributed by atoms with Crippen LogP contribution in [0.4, 0.5) is 0 Å². The van der Waals surface area contributed by atoms with E-state index in [-0.39, 0.29) is 16.6 Å². The lowest BCUT2D eigenvalue weighted by molar-refractivity contribution is 0.0695. The molecule has 120 valence electrons. The zero-order valence-corrected chi connectivity index (χ0v) is 13.1. The number of ether oxygens (including phenoxy) is 2. The molecule has 0 aliphatic rings. The number of hydrogen-bond acceptors (Lipinski definition) is 6. The van der Waals surface area contributed by atoms with Crippen LogP contribution >= 0.6 is 12.2 Å². The molecule has 0 saturated heterocycles. The Bertz CT molecular complexity index is 714. The van der Waals surface area contributed by atoms with Crippen molar-refractivity contribution in [1.29, 1.82) is 0 Å². The van der Waals surface area contributed by atoms with Crippen LogP contribution in [0, 0.1) is 0 Å². The molecule has 0 atom stereocenters. The fraction of sp³-hybridized carbons (Fsp3) is 0.133. The highest BCUT2D eigenvalue weighted by Crippen LogP contribution is 2.28. The van der Waals surface area contributed by atoms with E-state index < -0.39 is 5.97 Å². The maximum Gasteiger partial charge on any atom is 0.379 e. The van der Waals surface area contributed by atoms with Gasteiger partial charge in [-0.1, -0.05) is 0 Å². The monoisotopic (exact) mass is 333 g/mol. The molecule has 0 aliphatic heterocycles. The number of carbonyl (C=O) groups is 1. The van der Waals surface area contributed by atoms with Gasteiger partial charge >= 0.3 is 5.97 Å². The lowest BCUT2D eigenvalue weighted by atomic mass is 10.2. The van der Waals surface area contributed by atoms with Crippen molar-refractivity contribution in [3.05, 3.63) is 47.9 Å². The molecule has 0 amide bonds. The van der Waals surface area contributed by atoms with Gasteiger partial charge in [-0.25, -0.2) is 4.79 Å². The predicted octanol–water partition coefficient (Wildman–Crippen LogP) is 2.06. The first-order chi connectivity index (χ1) is 11.1. The van der Waals surface area contributed by atoms with Gasteiger partial charge < -0.3 is 19.6 Å². The van der Waals surface area contributed by atoms with Gasteiger partial charge in [0.1, 0.15) is 0 Å². The van der Waals surface area contributed by atoms with Crippen molar-refractivity contribution in [2.75, 3.05) is 6.61 Å². The number of nitrogens with two attached hydrogens (primary N) is 1. The summed E-state index contributed by atoms with van der Waals surface area (Å²) in [6.07, 6.45) is 2.91. The minimum Gasteiger partial charge on any atom is -0.490 e. The quantitative estimate of drug-likeness (QED) is 0.274. The summed E-state index contributed by atoms with van der Waals surface area (Å²) in [6.45, 7) is 2.24. The van der Waals surface area contributed by atoms with E-state index in [0.717, 1.165) is 5.56 Å². The third kappa shape index (κ3) is 4.82. The van der Waals surface area contributed by atoms with Gasteiger partial charge in [0.25, 0.3) is 0 Å². The van der Waals surface area contributed by atoms with Crippen molar-refractivity contribution in [2.24, 2.45) is 10.8 Å². The number of furan rings is 1. The average Bonchev–Trinajstić information content (AvgIpc) is 3.04. The molecule has 2 aromatic rings. The second-order valence-electron chi connectivity index (χ2n) is 4.24. The molecule has 0 spiro atoms. The second kappa shape index (κ2) is 7.95. The molecule has 23 heavy (non-hydrogen) atoms. The largest absolute Gasteiger partial charge is 0.490 e. The number of hydrazone groups is 1. The minimum absolute atomic E-state index is 0.0651. The molecule has 0 fully saturated rings. The van der Waals surface area contributed by atoms with Crippen molar-refractivity contribution in [3.63, 3.8) is 0 Å². The number of benzene rings is 1. The molecule has 0 bridgehead atoms. The highest BCUT2D eigenvalue weighted by molar-refractivity contribution is 7.80. The zero-order valence-electron chi connectivity index (χ0n) is 12.3. The molecule has 1 aromatic heterocycles. The van der Waals surface area contributed by atoms with Crippen molar-refractivity contribution in [2.45, 2.75) is 6.92 Å². The number of esters is 1. The lowest BCUT2D eigenvalue weighted by Crippen LogP contribution is -2.23. The SMILES string of the molecule is CCOc1cc(C=NNC(N)=S)ccc1OC(=O)c1ccco1. The van der Waals surface area contributed by atoms with Crippen molar-refractivity contribution in [1.82, 2.24) is 5.43 Å². The molecular weight excluding hydrogens is 318 g/mol. The first-order valence-corrected chi connectivity index (χ1v) is 7.12. The van der Waals surface area contributed by atoms with Gasteiger partial charge in [0.05, 0.1) is 19.1 Å². The van der Waals surface area contributed by atoms with Gasteiger partial charge in [-0.3, -0.25) is 5.43 Å². The fourth-order valence-electron chi connectivity index (χ4n) is 1.67. The van der Waals surface area contributed by atoms with Gasteiger partial charge in [0.2, 0.25) is 5.76 Å². The first kappa shape index (κ1) is 16.5. The van der Waals surface area contributed by atoms with E-state index in [2.05, 4.69) is 22.7 Å². The van der Waals surface area contributed by atoms with Gasteiger partial charge in [-0.05, 0) is 55.0 Å². The Balaban J connectivity index is 2.17. The van der Waals surface area contributed by atoms with E-state index in [1.54, 1.807) is 24.3 Å². The van der Waals surface area contributed by atoms with Crippen LogP contribution < -0.4 is 20.6 Å². The summed E-state index contributed by atoms with van der Waals surface area (Å²) in [5.74, 6) is 0.200. The number of carbonyl (C=O) groups excluding carboxylic acids is 1. The van der Waals surface area contributed by atoms with Crippen LogP contribution in [0.15, 0.2) is 46.1 Å². The van der Waals surface area contributed by atoms with Gasteiger partial charge in [0, 0.05) is 0 Å². The van der Waals surface area contributed by atoms with E-state index in [1.807, 2.05) is 6.92 Å². The van der Waals surface area contributed by atoms with E-state index in [4.69, 9.17) is 19.6 Å². The molecular formula is C15H15N3O4S. The Morgan fingerprint density at radius 2 is 2.26 bits per heavy atom. The third-order valence-electron chi connectivity index (χ3n) is 2.58. The summed E-state index contributed by atoms with van der Waals surface area (Å²) in [5, 5.41) is 3.92. The van der Waals surface area contributed by atoms with Crippen LogP contribution in [0.3, 0.4) is 0 Å². The minimum atomic E-state index is -0.604. The second-order valence-corrected chi connectivity index (χ2v) is 4.68. The molecule has 3 N–H and O–H groups in total. The molecule has 2 rings (SSSR count). The zero-order chi connectivity index (χ0) is 16.7. The summed E-state index contributed by atoms with van der Waals surface area (Å²) in [4.78, 5) is 11.9. The number of nitrogens with one attached hydrogen (secondary N) is 1. The molecule has 1 aromatic carbocycles. The summed E-state index contributed by atoms with van der Waals surface area (Å²) in [6, 6.07) is 8.12. The van der Waals surface area contributed by atoms with Crippen molar-refractivity contribution >= 4 is 29.5 Å². The molecule has 0 radical (unpaired) electrons. The molecule has 7 nitrogen and oxygen atoms in total. The molecule has 0 unspecified atom stereocenters. The van der Waals surface area contributed by atoms with E-state index in [0.29, 0.717) is 12.4 Å². The summed E-state index contributed by atoms with van der Waals surface area (Å²) < 4.78 is 15.8. The van der Waals surface area contributed by atoms with Crippen molar-refractivity contribution < 1.29 is 18.7 Å². The number of thiocarbonyl (C=S) groups is 1. The van der Waals surface area contributed by atoms with Gasteiger partial charge in [-0.2, -0.15) is 5.10 Å². The molecule has 0 aliphatic carbocycles. The van der Waals surface area contributed by atoms with Crippen LogP contribution in [0.25, 0.3) is 0 Å². The predicted molar refractivity (Wildman–Crippen MR) is 88.8 cm³/mol. The third-order valence-corrected chi connectivity index (χ3v) is 2.67. The highest BCUT2D eigenvalue weighted by atomic mass is 32.1. The van der Waals surface area contributed by atoms with E-state index in [1.165, 1.54) is 18.5 Å². The normalized spacial score (nSPS) is 10.5. The smallest absolute Gasteiger partial charge is 0.379 e. The molecule has 0 saturated carbocycles. The summed E-state index contributed by atoms with van der Waals surface area (Å²) in [7, 11) is 0. The number of rotatable bonds is 6. The Kier molecular flexibility index (Phi) is 5.70. The number of hydrogen-bond donors (Lipinski definition) is 2. The maximum atomic E-state index is 11.9. The van der Waals surface area contributed by atoms with E-state index >= 15 is 0 Å². The van der Waals surface area contributed by atoms with Crippen molar-refractivity contribution in [3.8, 4) is 11.5 Å². The Hall–Kier alpha value is -2.87. The highest BCUT2D eigenvalue weighted by Gasteiger charge is 2.15. The molecule has 8 heteroatoms. The average molecular weight is 333 g/mol. The Morgan fingerprint density at radius 3 is 2.91 bits per heavy atom. The maximum absolute atomic E-state index is 11.9. The lowest BCUT2D eigenvalue weighted by Gasteiger charge is -2.10. The molecule has 1 heterocycles. The van der Waals surface area contributed by atoms with Crippen LogP contribution in [0.1, 0.15) is 23.0 Å². The van der Waals surface area contributed by atoms with Crippen LogP contribution in [-0.2, 0) is 0 Å². The summed E-state index contributed by atoms with van der Waals surface area (Å²) >= 11 is 4.65. The van der Waals surface area contributed by atoms with E-state index in [9.17, 15) is 4.79 Å². The standard InChI is InChI=1S/C15H15N3O4S/c1-2-20-13-8-10(9-17-18-15(16)23)5-6-11(13)22-14(19)12-4-3-7-21-12/h3-9H,2H2,1H3,(H3,16,18,23). The Labute approximate surface area is 138 Å². The van der Waals surface area contributed by atoms with Crippen LogP contribution in [0.5, 0.6) is 11.5 Å². The van der Waals surface area contributed by atoms with Crippen LogP contribution in [0.2, 0.25) is 0 Å². The van der Waals surface area contributed by atoms with Crippen LogP contribution in [-0.4, -0.2) is 23.9 Å². The first-order valence-electron chi connectivity index (χ1n) is 6.71. The topological polar surface area (TPSA) is 99.1 Å². The summed E-state index contributed by atoms with van der Waals surface area (Å²) in [5.41, 5.74) is 8.44.